The molecule has 0 aliphatic rings. The number of ether oxygens (including phenoxy) is 1. The standard InChI is InChI=1S/C21H23NO7S/c1-4-20(23)22(17-10-12-18(13-11-17)29-30(3,26)27)16-8-6-15(7-9-16)14-19(21(24)25)28-5-2/h4,6-13,19H,1,5,14H2,2-3H3,(H,24,25). The predicted octanol–water partition coefficient (Wildman–Crippen LogP) is 2.91. The molecule has 160 valence electrons. The molecule has 9 heteroatoms. The van der Waals surface area contributed by atoms with Crippen LogP contribution in [0.5, 0.6) is 5.75 Å². The normalized spacial score (nSPS) is 12.1. The quantitative estimate of drug-likeness (QED) is 0.453. The van der Waals surface area contributed by atoms with Crippen LogP contribution in [0.1, 0.15) is 12.5 Å². The van der Waals surface area contributed by atoms with Crippen molar-refractivity contribution in [1.82, 2.24) is 0 Å². The molecule has 0 spiro atoms. The molecular weight excluding hydrogens is 410 g/mol. The number of aliphatic carboxylic acids is 1. The molecule has 8 nitrogen and oxygen atoms in total. The topological polar surface area (TPSA) is 110 Å². The van der Waals surface area contributed by atoms with E-state index in [1.807, 2.05) is 0 Å². The zero-order valence-corrected chi connectivity index (χ0v) is 17.5. The Kier molecular flexibility index (Phi) is 7.73. The van der Waals surface area contributed by atoms with E-state index in [4.69, 9.17) is 8.92 Å². The zero-order valence-electron chi connectivity index (χ0n) is 16.6. The van der Waals surface area contributed by atoms with E-state index in [0.717, 1.165) is 17.9 Å². The lowest BCUT2D eigenvalue weighted by atomic mass is 10.1. The number of nitrogens with zero attached hydrogens (tertiary/aromatic N) is 1. The van der Waals surface area contributed by atoms with Crippen LogP contribution in [0.3, 0.4) is 0 Å². The van der Waals surface area contributed by atoms with Crippen LogP contribution in [0, 0.1) is 0 Å². The first-order valence-corrected chi connectivity index (χ1v) is 10.9. The Bertz CT molecular complexity index is 999. The van der Waals surface area contributed by atoms with Crippen molar-refractivity contribution >= 4 is 33.4 Å². The van der Waals surface area contributed by atoms with E-state index in [1.165, 1.54) is 17.0 Å². The second kappa shape index (κ2) is 10.0. The number of hydrogen-bond acceptors (Lipinski definition) is 6. The van der Waals surface area contributed by atoms with E-state index in [2.05, 4.69) is 6.58 Å². The Labute approximate surface area is 175 Å². The van der Waals surface area contributed by atoms with Gasteiger partial charge in [-0.05, 0) is 55.0 Å². The molecule has 0 aliphatic heterocycles. The average Bonchev–Trinajstić information content (AvgIpc) is 2.69. The van der Waals surface area contributed by atoms with Crippen LogP contribution in [0.4, 0.5) is 11.4 Å². The molecule has 2 rings (SSSR count). The molecular formula is C21H23NO7S. The summed E-state index contributed by atoms with van der Waals surface area (Å²) in [7, 11) is -3.66. The van der Waals surface area contributed by atoms with Gasteiger partial charge in [0.2, 0.25) is 0 Å². The fraction of sp³-hybridized carbons (Fsp3) is 0.238. The van der Waals surface area contributed by atoms with Crippen molar-refractivity contribution < 1.29 is 32.0 Å². The van der Waals surface area contributed by atoms with Gasteiger partial charge in [0.05, 0.1) is 6.26 Å². The maximum atomic E-state index is 12.4. The highest BCUT2D eigenvalue weighted by molar-refractivity contribution is 7.86. The number of benzene rings is 2. The van der Waals surface area contributed by atoms with Gasteiger partial charge in [-0.3, -0.25) is 9.69 Å². The largest absolute Gasteiger partial charge is 0.479 e. The number of rotatable bonds is 10. The first-order valence-electron chi connectivity index (χ1n) is 9.04. The molecule has 0 heterocycles. The summed E-state index contributed by atoms with van der Waals surface area (Å²) >= 11 is 0. The molecule has 1 amide bonds. The van der Waals surface area contributed by atoms with Gasteiger partial charge in [-0.15, -0.1) is 0 Å². The Morgan fingerprint density at radius 3 is 2.07 bits per heavy atom. The highest BCUT2D eigenvalue weighted by Crippen LogP contribution is 2.28. The third-order valence-corrected chi connectivity index (χ3v) is 4.49. The van der Waals surface area contributed by atoms with Gasteiger partial charge < -0.3 is 14.0 Å². The second-order valence-corrected chi connectivity index (χ2v) is 7.89. The van der Waals surface area contributed by atoms with Crippen molar-refractivity contribution in [2.75, 3.05) is 17.8 Å². The molecule has 0 aliphatic carbocycles. The van der Waals surface area contributed by atoms with Crippen molar-refractivity contribution in [2.24, 2.45) is 0 Å². The summed E-state index contributed by atoms with van der Waals surface area (Å²) in [5.74, 6) is -1.31. The molecule has 2 aromatic rings. The molecule has 1 atom stereocenters. The zero-order chi connectivity index (χ0) is 22.3. The summed E-state index contributed by atoms with van der Waals surface area (Å²) in [6, 6.07) is 12.8. The van der Waals surface area contributed by atoms with Gasteiger partial charge in [-0.1, -0.05) is 18.7 Å². The van der Waals surface area contributed by atoms with E-state index in [-0.39, 0.29) is 18.8 Å². The van der Waals surface area contributed by atoms with Crippen molar-refractivity contribution in [1.29, 1.82) is 0 Å². The minimum absolute atomic E-state index is 0.123. The van der Waals surface area contributed by atoms with E-state index in [1.54, 1.807) is 43.3 Å². The van der Waals surface area contributed by atoms with Gasteiger partial charge in [-0.2, -0.15) is 8.42 Å². The van der Waals surface area contributed by atoms with Crippen LogP contribution in [0.15, 0.2) is 61.2 Å². The second-order valence-electron chi connectivity index (χ2n) is 6.31. The van der Waals surface area contributed by atoms with E-state index in [9.17, 15) is 23.1 Å². The van der Waals surface area contributed by atoms with Crippen LogP contribution in [-0.4, -0.2) is 44.4 Å². The van der Waals surface area contributed by atoms with Gasteiger partial charge in [0.1, 0.15) is 5.75 Å². The average molecular weight is 433 g/mol. The molecule has 0 saturated heterocycles. The van der Waals surface area contributed by atoms with Gasteiger partial charge in [0.25, 0.3) is 5.91 Å². The minimum atomic E-state index is -3.66. The van der Waals surface area contributed by atoms with Gasteiger partial charge in [0, 0.05) is 24.4 Å². The molecule has 0 fully saturated rings. The molecule has 2 aromatic carbocycles. The maximum Gasteiger partial charge on any atom is 0.333 e. The molecule has 0 radical (unpaired) electrons. The SMILES string of the molecule is C=CC(=O)N(c1ccc(CC(OCC)C(=O)O)cc1)c1ccc(OS(C)(=O)=O)cc1. The monoisotopic (exact) mass is 433 g/mol. The molecule has 0 aromatic heterocycles. The van der Waals surface area contributed by atoms with Crippen molar-refractivity contribution in [3.8, 4) is 5.75 Å². The summed E-state index contributed by atoms with van der Waals surface area (Å²) < 4.78 is 32.5. The highest BCUT2D eigenvalue weighted by atomic mass is 32.2. The lowest BCUT2D eigenvalue weighted by Gasteiger charge is -2.22. The van der Waals surface area contributed by atoms with Gasteiger partial charge >= 0.3 is 16.1 Å². The first-order chi connectivity index (χ1) is 14.1. The van der Waals surface area contributed by atoms with Crippen LogP contribution in [0.2, 0.25) is 0 Å². The summed E-state index contributed by atoms with van der Waals surface area (Å²) in [6.07, 6.45) is 1.34. The summed E-state index contributed by atoms with van der Waals surface area (Å²) in [5, 5.41) is 9.22. The van der Waals surface area contributed by atoms with E-state index < -0.39 is 28.1 Å². The number of carbonyl (C=O) groups is 2. The van der Waals surface area contributed by atoms with E-state index in [0.29, 0.717) is 11.4 Å². The minimum Gasteiger partial charge on any atom is -0.479 e. The fourth-order valence-corrected chi connectivity index (χ4v) is 3.19. The first kappa shape index (κ1) is 23.1. The smallest absolute Gasteiger partial charge is 0.333 e. The van der Waals surface area contributed by atoms with Crippen LogP contribution >= 0.6 is 0 Å². The number of carboxylic acid groups (broad SMARTS) is 1. The highest BCUT2D eigenvalue weighted by Gasteiger charge is 2.19. The number of hydrogen-bond donors (Lipinski definition) is 1. The van der Waals surface area contributed by atoms with Gasteiger partial charge in [0.15, 0.2) is 6.10 Å². The Morgan fingerprint density at radius 2 is 1.63 bits per heavy atom. The van der Waals surface area contributed by atoms with Gasteiger partial charge in [-0.25, -0.2) is 4.79 Å². The van der Waals surface area contributed by atoms with Crippen molar-refractivity contribution in [3.63, 3.8) is 0 Å². The summed E-state index contributed by atoms with van der Waals surface area (Å²) in [4.78, 5) is 25.1. The number of carbonyl (C=O) groups excluding carboxylic acids is 1. The number of amides is 1. The molecule has 1 unspecified atom stereocenters. The summed E-state index contributed by atoms with van der Waals surface area (Å²) in [6.45, 7) is 5.53. The van der Waals surface area contributed by atoms with Crippen LogP contribution in [-0.2, 0) is 30.9 Å². The Balaban J connectivity index is 2.28. The fourth-order valence-electron chi connectivity index (χ4n) is 2.73. The lowest BCUT2D eigenvalue weighted by Crippen LogP contribution is -2.26. The van der Waals surface area contributed by atoms with Crippen LogP contribution < -0.4 is 9.08 Å². The molecule has 1 N–H and O–H groups in total. The Morgan fingerprint density at radius 1 is 1.10 bits per heavy atom. The lowest BCUT2D eigenvalue weighted by molar-refractivity contribution is -0.149. The van der Waals surface area contributed by atoms with Crippen molar-refractivity contribution in [2.45, 2.75) is 19.4 Å². The Hall–Kier alpha value is -3.17. The van der Waals surface area contributed by atoms with Crippen molar-refractivity contribution in [3.05, 3.63) is 66.7 Å². The third kappa shape index (κ3) is 6.43. The van der Waals surface area contributed by atoms with E-state index >= 15 is 0 Å². The third-order valence-electron chi connectivity index (χ3n) is 4.00. The maximum absolute atomic E-state index is 12.4. The molecule has 0 saturated carbocycles. The molecule has 30 heavy (non-hydrogen) atoms. The number of carboxylic acids is 1. The predicted molar refractivity (Wildman–Crippen MR) is 112 cm³/mol. The molecule has 0 bridgehead atoms. The van der Waals surface area contributed by atoms with Crippen LogP contribution in [0.25, 0.3) is 0 Å². The number of anilines is 2. The summed E-state index contributed by atoms with van der Waals surface area (Å²) in [5.41, 5.74) is 1.75.